The molecule has 0 amide bonds. The highest BCUT2D eigenvalue weighted by atomic mass is 79.9. The predicted molar refractivity (Wildman–Crippen MR) is 74.7 cm³/mol. The molecule has 0 unspecified atom stereocenters. The predicted octanol–water partition coefficient (Wildman–Crippen LogP) is 3.82. The summed E-state index contributed by atoms with van der Waals surface area (Å²) < 4.78 is 11.7. The molecule has 0 saturated heterocycles. The Bertz CT molecular complexity index is 564. The van der Waals surface area contributed by atoms with Crippen LogP contribution in [-0.4, -0.2) is 12.3 Å². The summed E-state index contributed by atoms with van der Waals surface area (Å²) in [5.41, 5.74) is 7.61. The number of methoxy groups -OCH3 is 1. The highest BCUT2D eigenvalue weighted by molar-refractivity contribution is 9.10. The SMILES string of the molecule is COc1ccc(Br)cc1-c1onc(N)c1C(C)C. The maximum Gasteiger partial charge on any atom is 0.176 e. The lowest BCUT2D eigenvalue weighted by atomic mass is 9.99. The van der Waals surface area contributed by atoms with Crippen molar-refractivity contribution in [1.82, 2.24) is 5.16 Å². The minimum absolute atomic E-state index is 0.231. The van der Waals surface area contributed by atoms with E-state index in [9.17, 15) is 0 Å². The van der Waals surface area contributed by atoms with Crippen LogP contribution in [0.25, 0.3) is 11.3 Å². The summed E-state index contributed by atoms with van der Waals surface area (Å²) in [6.07, 6.45) is 0. The van der Waals surface area contributed by atoms with Crippen LogP contribution in [0.2, 0.25) is 0 Å². The highest BCUT2D eigenvalue weighted by Gasteiger charge is 2.21. The Kier molecular flexibility index (Phi) is 3.61. The number of rotatable bonds is 3. The van der Waals surface area contributed by atoms with Crippen molar-refractivity contribution in [2.75, 3.05) is 12.8 Å². The number of nitrogens with zero attached hydrogens (tertiary/aromatic N) is 1. The second kappa shape index (κ2) is 5.02. The lowest BCUT2D eigenvalue weighted by Gasteiger charge is -2.09. The van der Waals surface area contributed by atoms with Gasteiger partial charge in [-0.05, 0) is 24.1 Å². The third-order valence-corrected chi connectivity index (χ3v) is 3.23. The fourth-order valence-electron chi connectivity index (χ4n) is 1.92. The van der Waals surface area contributed by atoms with Gasteiger partial charge < -0.3 is 15.0 Å². The van der Waals surface area contributed by atoms with Gasteiger partial charge in [0.2, 0.25) is 0 Å². The summed E-state index contributed by atoms with van der Waals surface area (Å²) in [4.78, 5) is 0. The molecule has 5 heteroatoms. The molecule has 0 radical (unpaired) electrons. The summed E-state index contributed by atoms with van der Waals surface area (Å²) in [5.74, 6) is 2.06. The first kappa shape index (κ1) is 13.0. The Morgan fingerprint density at radius 1 is 1.39 bits per heavy atom. The van der Waals surface area contributed by atoms with Crippen LogP contribution in [0, 0.1) is 0 Å². The molecule has 0 aliphatic rings. The van der Waals surface area contributed by atoms with Gasteiger partial charge in [-0.1, -0.05) is 34.9 Å². The summed E-state index contributed by atoms with van der Waals surface area (Å²) in [6.45, 7) is 4.10. The van der Waals surface area contributed by atoms with Crippen molar-refractivity contribution in [3.05, 3.63) is 28.2 Å². The fraction of sp³-hybridized carbons (Fsp3) is 0.308. The van der Waals surface area contributed by atoms with Crippen LogP contribution >= 0.6 is 15.9 Å². The van der Waals surface area contributed by atoms with Crippen molar-refractivity contribution in [2.45, 2.75) is 19.8 Å². The van der Waals surface area contributed by atoms with Crippen LogP contribution in [0.3, 0.4) is 0 Å². The standard InChI is InChI=1S/C13H15BrN2O2/c1-7(2)11-12(18-16-13(11)15)9-6-8(14)4-5-10(9)17-3/h4-7H,1-3H3,(H2,15,16). The van der Waals surface area contributed by atoms with E-state index in [1.54, 1.807) is 7.11 Å². The highest BCUT2D eigenvalue weighted by Crippen LogP contribution is 2.39. The molecule has 0 aliphatic heterocycles. The molecule has 2 aromatic rings. The minimum atomic E-state index is 0.231. The van der Waals surface area contributed by atoms with Gasteiger partial charge in [0.1, 0.15) is 5.75 Å². The number of hydrogen-bond acceptors (Lipinski definition) is 4. The Hall–Kier alpha value is -1.49. The van der Waals surface area contributed by atoms with Gasteiger partial charge in [0, 0.05) is 10.0 Å². The van der Waals surface area contributed by atoms with Crippen LogP contribution in [-0.2, 0) is 0 Å². The van der Waals surface area contributed by atoms with E-state index in [4.69, 9.17) is 15.0 Å². The quantitative estimate of drug-likeness (QED) is 0.936. The van der Waals surface area contributed by atoms with Crippen molar-refractivity contribution < 1.29 is 9.26 Å². The molecule has 0 bridgehead atoms. The number of halogens is 1. The lowest BCUT2D eigenvalue weighted by Crippen LogP contribution is -1.96. The third kappa shape index (κ3) is 2.22. The topological polar surface area (TPSA) is 61.3 Å². The van der Waals surface area contributed by atoms with Crippen molar-refractivity contribution in [3.8, 4) is 17.1 Å². The summed E-state index contributed by atoms with van der Waals surface area (Å²) >= 11 is 3.44. The molecule has 18 heavy (non-hydrogen) atoms. The van der Waals surface area contributed by atoms with Crippen molar-refractivity contribution in [1.29, 1.82) is 0 Å². The second-order valence-corrected chi connectivity index (χ2v) is 5.23. The van der Waals surface area contributed by atoms with E-state index < -0.39 is 0 Å². The van der Waals surface area contributed by atoms with Gasteiger partial charge in [0.15, 0.2) is 11.6 Å². The van der Waals surface area contributed by atoms with E-state index in [1.807, 2.05) is 18.2 Å². The Morgan fingerprint density at radius 2 is 2.11 bits per heavy atom. The van der Waals surface area contributed by atoms with E-state index in [2.05, 4.69) is 34.9 Å². The monoisotopic (exact) mass is 310 g/mol. The van der Waals surface area contributed by atoms with Crippen molar-refractivity contribution in [3.63, 3.8) is 0 Å². The zero-order valence-corrected chi connectivity index (χ0v) is 12.1. The minimum Gasteiger partial charge on any atom is -0.496 e. The molecule has 96 valence electrons. The van der Waals surface area contributed by atoms with Crippen LogP contribution in [0.15, 0.2) is 27.2 Å². The van der Waals surface area contributed by atoms with Crippen LogP contribution in [0.4, 0.5) is 5.82 Å². The Balaban J connectivity index is 2.65. The Morgan fingerprint density at radius 3 is 2.72 bits per heavy atom. The van der Waals surface area contributed by atoms with Gasteiger partial charge in [-0.3, -0.25) is 0 Å². The normalized spacial score (nSPS) is 10.9. The lowest BCUT2D eigenvalue weighted by molar-refractivity contribution is 0.406. The van der Waals surface area contributed by atoms with Gasteiger partial charge in [-0.2, -0.15) is 0 Å². The molecule has 4 nitrogen and oxygen atoms in total. The molecule has 1 aromatic heterocycles. The maximum atomic E-state index is 5.85. The van der Waals surface area contributed by atoms with E-state index in [-0.39, 0.29) is 5.92 Å². The molecule has 1 aromatic carbocycles. The van der Waals surface area contributed by atoms with Crippen LogP contribution in [0.1, 0.15) is 25.3 Å². The molecule has 2 N–H and O–H groups in total. The molecule has 0 spiro atoms. The molecular formula is C13H15BrN2O2. The number of aromatic nitrogens is 1. The average molecular weight is 311 g/mol. The number of nitrogen functional groups attached to an aromatic ring is 1. The average Bonchev–Trinajstić information content (AvgIpc) is 2.71. The number of ether oxygens (including phenoxy) is 1. The number of hydrogen-bond donors (Lipinski definition) is 1. The van der Waals surface area contributed by atoms with Crippen molar-refractivity contribution in [2.24, 2.45) is 0 Å². The smallest absolute Gasteiger partial charge is 0.176 e. The molecular weight excluding hydrogens is 296 g/mol. The first-order chi connectivity index (χ1) is 8.54. The third-order valence-electron chi connectivity index (χ3n) is 2.74. The summed E-state index contributed by atoms with van der Waals surface area (Å²) in [5, 5.41) is 3.85. The zero-order valence-electron chi connectivity index (χ0n) is 10.5. The second-order valence-electron chi connectivity index (χ2n) is 4.31. The number of nitrogens with two attached hydrogens (primary N) is 1. The van der Waals surface area contributed by atoms with Crippen LogP contribution in [0.5, 0.6) is 5.75 Å². The molecule has 0 aliphatic carbocycles. The molecule has 0 atom stereocenters. The van der Waals surface area contributed by atoms with Gasteiger partial charge in [0.25, 0.3) is 0 Å². The summed E-state index contributed by atoms with van der Waals surface area (Å²) in [6, 6.07) is 5.73. The molecule has 0 fully saturated rings. The van der Waals surface area contributed by atoms with Gasteiger partial charge >= 0.3 is 0 Å². The van der Waals surface area contributed by atoms with E-state index in [1.165, 1.54) is 0 Å². The first-order valence-corrected chi connectivity index (χ1v) is 6.42. The number of anilines is 1. The van der Waals surface area contributed by atoms with E-state index in [0.717, 1.165) is 21.3 Å². The fourth-order valence-corrected chi connectivity index (χ4v) is 2.28. The van der Waals surface area contributed by atoms with Crippen molar-refractivity contribution >= 4 is 21.7 Å². The Labute approximate surface area is 114 Å². The maximum absolute atomic E-state index is 5.85. The van der Waals surface area contributed by atoms with Gasteiger partial charge in [0.05, 0.1) is 12.7 Å². The number of benzene rings is 1. The van der Waals surface area contributed by atoms with Gasteiger partial charge in [-0.15, -0.1) is 0 Å². The van der Waals surface area contributed by atoms with Gasteiger partial charge in [-0.25, -0.2) is 0 Å². The zero-order chi connectivity index (χ0) is 13.3. The molecule has 1 heterocycles. The van der Waals surface area contributed by atoms with E-state index >= 15 is 0 Å². The molecule has 2 rings (SSSR count). The molecule has 0 saturated carbocycles. The van der Waals surface area contributed by atoms with Crippen LogP contribution < -0.4 is 10.5 Å². The first-order valence-electron chi connectivity index (χ1n) is 5.63. The summed E-state index contributed by atoms with van der Waals surface area (Å²) in [7, 11) is 1.63. The van der Waals surface area contributed by atoms with E-state index in [0.29, 0.717) is 11.6 Å². The largest absolute Gasteiger partial charge is 0.496 e.